The van der Waals surface area contributed by atoms with Gasteiger partial charge in [-0.1, -0.05) is 6.07 Å². The molecule has 23 heavy (non-hydrogen) atoms. The van der Waals surface area contributed by atoms with E-state index in [9.17, 15) is 19.5 Å². The predicted octanol–water partition coefficient (Wildman–Crippen LogP) is 1.23. The second kappa shape index (κ2) is 6.15. The van der Waals surface area contributed by atoms with Crippen molar-refractivity contribution in [3.63, 3.8) is 0 Å². The molecular formula is C15H20N4O4. The van der Waals surface area contributed by atoms with Crippen molar-refractivity contribution in [1.29, 1.82) is 0 Å². The number of likely N-dealkylation sites (tertiary alicyclic amines) is 1. The van der Waals surface area contributed by atoms with Gasteiger partial charge < -0.3 is 21.9 Å². The second-order valence-corrected chi connectivity index (χ2v) is 5.75. The molecular weight excluding hydrogens is 300 g/mol. The van der Waals surface area contributed by atoms with E-state index in [2.05, 4.69) is 5.32 Å². The Labute approximate surface area is 133 Å². The van der Waals surface area contributed by atoms with Crippen molar-refractivity contribution in [3.05, 3.63) is 23.8 Å². The zero-order valence-corrected chi connectivity index (χ0v) is 12.8. The van der Waals surface area contributed by atoms with Crippen LogP contribution in [0.4, 0.5) is 16.2 Å². The van der Waals surface area contributed by atoms with Gasteiger partial charge in [-0.25, -0.2) is 4.79 Å². The van der Waals surface area contributed by atoms with Crippen LogP contribution in [0, 0.1) is 0 Å². The fraction of sp³-hybridized carbons (Fsp3) is 0.400. The first-order valence-corrected chi connectivity index (χ1v) is 7.27. The van der Waals surface area contributed by atoms with E-state index in [4.69, 9.17) is 11.5 Å². The van der Waals surface area contributed by atoms with Crippen molar-refractivity contribution in [2.45, 2.75) is 31.7 Å². The normalized spacial score (nSPS) is 20.8. The molecule has 2 rings (SSSR count). The van der Waals surface area contributed by atoms with E-state index in [1.165, 1.54) is 12.1 Å². The molecule has 3 amide bonds. The molecule has 124 valence electrons. The number of piperidine rings is 1. The Bertz CT molecular complexity index is 661. The van der Waals surface area contributed by atoms with Crippen LogP contribution in [0.1, 0.15) is 36.5 Å². The summed E-state index contributed by atoms with van der Waals surface area (Å²) in [6.07, 6.45) is 0.751. The van der Waals surface area contributed by atoms with Crippen LogP contribution < -0.4 is 16.8 Å². The summed E-state index contributed by atoms with van der Waals surface area (Å²) in [6.45, 7) is 1.89. The number of carbonyl (C=O) groups is 3. The average Bonchev–Trinajstić information content (AvgIpc) is 2.49. The molecule has 8 nitrogen and oxygen atoms in total. The van der Waals surface area contributed by atoms with Gasteiger partial charge in [0.1, 0.15) is 5.54 Å². The van der Waals surface area contributed by atoms with Gasteiger partial charge in [0.05, 0.1) is 16.9 Å². The molecule has 0 saturated carbocycles. The second-order valence-electron chi connectivity index (χ2n) is 5.75. The highest BCUT2D eigenvalue weighted by molar-refractivity contribution is 6.06. The van der Waals surface area contributed by atoms with Crippen LogP contribution in [-0.2, 0) is 4.79 Å². The third-order valence-corrected chi connectivity index (χ3v) is 4.23. The first kappa shape index (κ1) is 16.6. The van der Waals surface area contributed by atoms with Crippen molar-refractivity contribution in [3.8, 4) is 0 Å². The molecule has 1 aromatic carbocycles. The minimum Gasteiger partial charge on any atom is -0.465 e. The molecule has 0 aliphatic carbocycles. The number of nitrogens with two attached hydrogens (primary N) is 2. The maximum atomic E-state index is 12.6. The van der Waals surface area contributed by atoms with Crippen molar-refractivity contribution < 1.29 is 19.5 Å². The summed E-state index contributed by atoms with van der Waals surface area (Å²) in [5.41, 5.74) is 10.3. The minimum atomic E-state index is -1.18. The zero-order valence-electron chi connectivity index (χ0n) is 12.8. The molecule has 1 aliphatic heterocycles. The number of nitrogens with zero attached hydrogens (tertiary/aromatic N) is 1. The Morgan fingerprint density at radius 1 is 1.30 bits per heavy atom. The van der Waals surface area contributed by atoms with Gasteiger partial charge in [-0.15, -0.1) is 0 Å². The number of rotatable bonds is 3. The fourth-order valence-electron chi connectivity index (χ4n) is 2.81. The Balaban J connectivity index is 2.29. The smallest absolute Gasteiger partial charge is 0.408 e. The molecule has 0 radical (unpaired) electrons. The van der Waals surface area contributed by atoms with Gasteiger partial charge in [0.2, 0.25) is 5.91 Å². The summed E-state index contributed by atoms with van der Waals surface area (Å²) in [4.78, 5) is 36.5. The van der Waals surface area contributed by atoms with Crippen LogP contribution >= 0.6 is 0 Å². The highest BCUT2D eigenvalue weighted by Gasteiger charge is 2.44. The largest absolute Gasteiger partial charge is 0.465 e. The summed E-state index contributed by atoms with van der Waals surface area (Å²) in [5, 5.41) is 11.9. The number of benzene rings is 1. The molecule has 1 aliphatic rings. The molecule has 1 aromatic rings. The molecule has 8 heteroatoms. The number of amides is 3. The fourth-order valence-corrected chi connectivity index (χ4v) is 2.81. The first-order valence-electron chi connectivity index (χ1n) is 7.27. The molecule has 0 aromatic heterocycles. The third kappa shape index (κ3) is 3.05. The van der Waals surface area contributed by atoms with Gasteiger partial charge in [0.15, 0.2) is 0 Å². The Kier molecular flexibility index (Phi) is 4.44. The zero-order chi connectivity index (χ0) is 17.2. The molecule has 6 N–H and O–H groups in total. The molecule has 1 unspecified atom stereocenters. The minimum absolute atomic E-state index is 0.0645. The van der Waals surface area contributed by atoms with Gasteiger partial charge >= 0.3 is 6.09 Å². The molecule has 1 atom stereocenters. The topological polar surface area (TPSA) is 139 Å². The van der Waals surface area contributed by atoms with Crippen LogP contribution in [-0.4, -0.2) is 40.0 Å². The van der Waals surface area contributed by atoms with Crippen LogP contribution in [0.3, 0.4) is 0 Å². The van der Waals surface area contributed by atoms with Gasteiger partial charge in [-0.2, -0.15) is 0 Å². The molecule has 0 spiro atoms. The van der Waals surface area contributed by atoms with E-state index >= 15 is 0 Å². The van der Waals surface area contributed by atoms with Crippen molar-refractivity contribution in [2.24, 2.45) is 5.73 Å². The highest BCUT2D eigenvalue weighted by Crippen LogP contribution is 2.31. The summed E-state index contributed by atoms with van der Waals surface area (Å²) in [5.74, 6) is -1.18. The predicted molar refractivity (Wildman–Crippen MR) is 85.0 cm³/mol. The lowest BCUT2D eigenvalue weighted by atomic mass is 9.87. The van der Waals surface area contributed by atoms with Crippen LogP contribution in [0.15, 0.2) is 18.2 Å². The van der Waals surface area contributed by atoms with E-state index in [0.717, 1.165) is 11.3 Å². The number of anilines is 2. The lowest BCUT2D eigenvalue weighted by molar-refractivity contribution is -0.128. The van der Waals surface area contributed by atoms with Crippen molar-refractivity contribution in [1.82, 2.24) is 4.90 Å². The van der Waals surface area contributed by atoms with Crippen LogP contribution in [0.5, 0.6) is 0 Å². The summed E-state index contributed by atoms with van der Waals surface area (Å²) in [6, 6.07) is 4.54. The van der Waals surface area contributed by atoms with Crippen LogP contribution in [0.2, 0.25) is 0 Å². The van der Waals surface area contributed by atoms with E-state index in [1.54, 1.807) is 13.0 Å². The number of nitrogen functional groups attached to an aromatic ring is 1. The highest BCUT2D eigenvalue weighted by atomic mass is 16.4. The summed E-state index contributed by atoms with van der Waals surface area (Å²) >= 11 is 0. The van der Waals surface area contributed by atoms with Gasteiger partial charge in [0, 0.05) is 6.54 Å². The lowest BCUT2D eigenvalue weighted by Crippen LogP contribution is -2.59. The van der Waals surface area contributed by atoms with Gasteiger partial charge in [-0.05, 0) is 38.3 Å². The molecule has 1 heterocycles. The number of para-hydroxylation sites is 1. The monoisotopic (exact) mass is 320 g/mol. The number of hydrogen-bond donors (Lipinski definition) is 4. The van der Waals surface area contributed by atoms with Crippen molar-refractivity contribution in [2.75, 3.05) is 17.6 Å². The number of carboxylic acid groups (broad SMARTS) is 1. The quantitative estimate of drug-likeness (QED) is 0.620. The maximum absolute atomic E-state index is 12.6. The summed E-state index contributed by atoms with van der Waals surface area (Å²) < 4.78 is 0. The standard InChI is InChI=1S/C15H20N4O4/c1-15(7-2-3-8-19(15)14(22)23)13(21)18-10-6-4-5-9(11(10)16)12(17)20/h4-6H,2-3,7-8,16H2,1H3,(H2,17,20)(H,18,21)(H,22,23). The molecule has 0 bridgehead atoms. The first-order chi connectivity index (χ1) is 10.8. The molecule has 1 saturated heterocycles. The van der Waals surface area contributed by atoms with E-state index < -0.39 is 23.4 Å². The number of carbonyl (C=O) groups excluding carboxylic acids is 2. The Hall–Kier alpha value is -2.77. The average molecular weight is 320 g/mol. The van der Waals surface area contributed by atoms with Crippen LogP contribution in [0.25, 0.3) is 0 Å². The third-order valence-electron chi connectivity index (χ3n) is 4.23. The van der Waals surface area contributed by atoms with E-state index in [-0.39, 0.29) is 16.9 Å². The van der Waals surface area contributed by atoms with Gasteiger partial charge in [-0.3, -0.25) is 14.5 Å². The van der Waals surface area contributed by atoms with Crippen molar-refractivity contribution >= 4 is 29.3 Å². The Morgan fingerprint density at radius 2 is 2.00 bits per heavy atom. The number of hydrogen-bond acceptors (Lipinski definition) is 4. The molecule has 1 fully saturated rings. The Morgan fingerprint density at radius 3 is 2.61 bits per heavy atom. The van der Waals surface area contributed by atoms with Gasteiger partial charge in [0.25, 0.3) is 5.91 Å². The lowest BCUT2D eigenvalue weighted by Gasteiger charge is -2.41. The SMILES string of the molecule is CC1(C(=O)Nc2cccc(C(N)=O)c2N)CCCCN1C(=O)O. The summed E-state index contributed by atoms with van der Waals surface area (Å²) in [7, 11) is 0. The number of nitrogens with one attached hydrogen (secondary N) is 1. The maximum Gasteiger partial charge on any atom is 0.408 e. The number of primary amides is 1. The van der Waals surface area contributed by atoms with E-state index in [1.807, 2.05) is 0 Å². The van der Waals surface area contributed by atoms with E-state index in [0.29, 0.717) is 19.4 Å².